The number of ether oxygens (including phenoxy) is 1. The van der Waals surface area contributed by atoms with E-state index in [0.29, 0.717) is 0 Å². The maximum absolute atomic E-state index is 13.4. The highest BCUT2D eigenvalue weighted by Gasteiger charge is 2.55. The second-order valence-electron chi connectivity index (χ2n) is 7.13. The highest BCUT2D eigenvalue weighted by molar-refractivity contribution is 8.19. The Labute approximate surface area is 172 Å². The van der Waals surface area contributed by atoms with Crippen LogP contribution in [-0.4, -0.2) is 34.6 Å². The number of hydrogen-bond donors (Lipinski definition) is 0. The fourth-order valence-corrected chi connectivity index (χ4v) is 7.37. The van der Waals surface area contributed by atoms with Crippen molar-refractivity contribution >= 4 is 35.2 Å². The Kier molecular flexibility index (Phi) is 7.21. The number of benzene rings is 1. The Morgan fingerprint density at radius 1 is 1.04 bits per heavy atom. The fraction of sp³-hybridized carbons (Fsp3) is 0.591. The molecule has 27 heavy (non-hydrogen) atoms. The molecule has 0 spiro atoms. The molecular formula is C22H31NO2S2. The normalized spacial score (nSPS) is 22.5. The summed E-state index contributed by atoms with van der Waals surface area (Å²) in [5.74, 6) is 2.68. The summed E-state index contributed by atoms with van der Waals surface area (Å²) in [7, 11) is 2.14. The van der Waals surface area contributed by atoms with E-state index < -0.39 is 4.08 Å². The highest BCUT2D eigenvalue weighted by Crippen LogP contribution is 2.51. The summed E-state index contributed by atoms with van der Waals surface area (Å²) in [6.07, 6.45) is 6.71. The Morgan fingerprint density at radius 3 is 2.30 bits per heavy atom. The van der Waals surface area contributed by atoms with Gasteiger partial charge in [0.1, 0.15) is 5.76 Å². The first-order valence-electron chi connectivity index (χ1n) is 10.1. The predicted molar refractivity (Wildman–Crippen MR) is 118 cm³/mol. The van der Waals surface area contributed by atoms with Gasteiger partial charge in [0.15, 0.2) is 4.08 Å². The molecule has 1 aliphatic carbocycles. The van der Waals surface area contributed by atoms with Crippen LogP contribution in [0.5, 0.6) is 0 Å². The maximum Gasteiger partial charge on any atom is 0.340 e. The lowest BCUT2D eigenvalue weighted by Crippen LogP contribution is -2.57. The Balaban J connectivity index is 2.12. The van der Waals surface area contributed by atoms with E-state index in [1.165, 1.54) is 24.8 Å². The molecule has 1 heterocycles. The van der Waals surface area contributed by atoms with Crippen molar-refractivity contribution in [2.45, 2.75) is 62.5 Å². The summed E-state index contributed by atoms with van der Waals surface area (Å²) >= 11 is 3.49. The highest BCUT2D eigenvalue weighted by atomic mass is 32.2. The van der Waals surface area contributed by atoms with Crippen LogP contribution in [0, 0.1) is 0 Å². The number of esters is 1. The van der Waals surface area contributed by atoms with E-state index >= 15 is 0 Å². The van der Waals surface area contributed by atoms with Gasteiger partial charge in [0.25, 0.3) is 0 Å². The maximum atomic E-state index is 13.4. The lowest BCUT2D eigenvalue weighted by atomic mass is 9.88. The lowest BCUT2D eigenvalue weighted by Gasteiger charge is -2.47. The minimum absolute atomic E-state index is 0.0316. The first-order chi connectivity index (χ1) is 13.1. The molecule has 1 unspecified atom stereocenters. The molecule has 0 fully saturated rings. The van der Waals surface area contributed by atoms with Crippen molar-refractivity contribution in [3.05, 3.63) is 41.7 Å². The third-order valence-electron chi connectivity index (χ3n) is 5.42. The van der Waals surface area contributed by atoms with Crippen LogP contribution in [-0.2, 0) is 9.53 Å². The molecule has 0 amide bonds. The van der Waals surface area contributed by atoms with E-state index in [4.69, 9.17) is 4.74 Å². The van der Waals surface area contributed by atoms with Crippen molar-refractivity contribution in [1.29, 1.82) is 0 Å². The van der Waals surface area contributed by atoms with Gasteiger partial charge in [0.2, 0.25) is 0 Å². The summed E-state index contributed by atoms with van der Waals surface area (Å²) in [5, 5.41) is 0. The summed E-state index contributed by atoms with van der Waals surface area (Å²) in [4.78, 5) is 15.7. The average molecular weight is 406 g/mol. The number of hydrogen-bond acceptors (Lipinski definition) is 5. The molecule has 1 aromatic rings. The molecular weight excluding hydrogens is 374 g/mol. The van der Waals surface area contributed by atoms with Gasteiger partial charge in [-0.25, -0.2) is 4.79 Å². The van der Waals surface area contributed by atoms with Crippen LogP contribution in [0.1, 0.15) is 52.4 Å². The van der Waals surface area contributed by atoms with E-state index in [-0.39, 0.29) is 12.0 Å². The largest absolute Gasteiger partial charge is 0.429 e. The van der Waals surface area contributed by atoms with Gasteiger partial charge < -0.3 is 9.64 Å². The van der Waals surface area contributed by atoms with Crippen molar-refractivity contribution in [3.63, 3.8) is 0 Å². The van der Waals surface area contributed by atoms with Crippen LogP contribution in [0.2, 0.25) is 0 Å². The van der Waals surface area contributed by atoms with Gasteiger partial charge in [0, 0.05) is 19.2 Å². The number of carbonyl (C=O) groups is 1. The molecule has 2 aliphatic rings. The summed E-state index contributed by atoms with van der Waals surface area (Å²) in [6, 6.07) is 10.5. The molecule has 0 aromatic heterocycles. The van der Waals surface area contributed by atoms with Crippen LogP contribution in [0.3, 0.4) is 0 Å². The second-order valence-corrected chi connectivity index (χ2v) is 10.4. The summed E-state index contributed by atoms with van der Waals surface area (Å²) in [5.41, 5.74) is 2.51. The Bertz CT molecular complexity index is 668. The van der Waals surface area contributed by atoms with Gasteiger partial charge in [-0.05, 0) is 48.5 Å². The van der Waals surface area contributed by atoms with Gasteiger partial charge in [0.05, 0.1) is 6.04 Å². The van der Waals surface area contributed by atoms with Gasteiger partial charge in [-0.15, -0.1) is 23.5 Å². The number of allylic oxidation sites excluding steroid dienone is 1. The van der Waals surface area contributed by atoms with Crippen LogP contribution < -0.4 is 4.90 Å². The summed E-state index contributed by atoms with van der Waals surface area (Å²) < 4.78 is 5.43. The van der Waals surface area contributed by atoms with Crippen LogP contribution in [0.15, 0.2) is 41.7 Å². The predicted octanol–water partition coefficient (Wildman–Crippen LogP) is 5.86. The van der Waals surface area contributed by atoms with Crippen molar-refractivity contribution in [2.24, 2.45) is 0 Å². The van der Waals surface area contributed by atoms with E-state index in [1.807, 2.05) is 6.07 Å². The van der Waals surface area contributed by atoms with Gasteiger partial charge in [-0.2, -0.15) is 0 Å². The zero-order chi connectivity index (χ0) is 19.3. The van der Waals surface area contributed by atoms with Crippen molar-refractivity contribution in [3.8, 4) is 0 Å². The first kappa shape index (κ1) is 20.7. The number of carbonyl (C=O) groups excluding carboxylic acids is 1. The first-order valence-corrected chi connectivity index (χ1v) is 12.1. The standard InChI is InChI=1S/C22H31NO2S2/c1-4-26-22(27-5-2)20(23(3)17-13-9-8-10-14-17)18-15-11-6-7-12-16-19(18)25-21(22)24/h8-10,13-14,20H,4-7,11-12,15-16H2,1-3H3. The Hall–Kier alpha value is -1.07. The number of likely N-dealkylation sites (N-methyl/N-ethyl adjacent to an activating group) is 1. The molecule has 1 aliphatic heterocycles. The molecule has 1 atom stereocenters. The molecule has 0 radical (unpaired) electrons. The summed E-state index contributed by atoms with van der Waals surface area (Å²) in [6.45, 7) is 4.27. The van der Waals surface area contributed by atoms with Crippen molar-refractivity contribution in [2.75, 3.05) is 23.5 Å². The molecule has 1 aromatic carbocycles. The third kappa shape index (κ3) is 4.19. The smallest absolute Gasteiger partial charge is 0.340 e. The molecule has 0 N–H and O–H groups in total. The molecule has 148 valence electrons. The molecule has 3 rings (SSSR count). The van der Waals surface area contributed by atoms with Crippen molar-refractivity contribution < 1.29 is 9.53 Å². The second kappa shape index (κ2) is 9.42. The van der Waals surface area contributed by atoms with Crippen LogP contribution in [0.4, 0.5) is 5.69 Å². The fourth-order valence-electron chi connectivity index (χ4n) is 4.23. The van der Waals surface area contributed by atoms with E-state index in [9.17, 15) is 4.79 Å². The minimum atomic E-state index is -0.605. The topological polar surface area (TPSA) is 29.5 Å². The Morgan fingerprint density at radius 2 is 1.67 bits per heavy atom. The molecule has 0 saturated heterocycles. The number of nitrogens with zero attached hydrogens (tertiary/aromatic N) is 1. The number of anilines is 1. The van der Waals surface area contributed by atoms with E-state index in [0.717, 1.165) is 42.2 Å². The average Bonchev–Trinajstić information content (AvgIpc) is 2.66. The number of para-hydroxylation sites is 1. The van der Waals surface area contributed by atoms with Gasteiger partial charge in [-0.3, -0.25) is 0 Å². The monoisotopic (exact) mass is 405 g/mol. The van der Waals surface area contributed by atoms with Crippen molar-refractivity contribution in [1.82, 2.24) is 0 Å². The zero-order valence-corrected chi connectivity index (χ0v) is 18.3. The van der Waals surface area contributed by atoms with Crippen LogP contribution in [0.25, 0.3) is 0 Å². The van der Waals surface area contributed by atoms with Gasteiger partial charge >= 0.3 is 5.97 Å². The number of thioether (sulfide) groups is 2. The van der Waals surface area contributed by atoms with E-state index in [1.54, 1.807) is 23.5 Å². The zero-order valence-electron chi connectivity index (χ0n) is 16.7. The van der Waals surface area contributed by atoms with Gasteiger partial charge in [-0.1, -0.05) is 44.9 Å². The number of rotatable bonds is 6. The SMILES string of the molecule is CCSC1(SCC)C(=O)OC2=C(CCCCCC2)C1N(C)c1ccccc1. The molecule has 0 saturated carbocycles. The lowest BCUT2D eigenvalue weighted by molar-refractivity contribution is -0.141. The quantitative estimate of drug-likeness (QED) is 0.437. The molecule has 0 bridgehead atoms. The minimum Gasteiger partial charge on any atom is -0.429 e. The molecule has 5 heteroatoms. The third-order valence-corrected chi connectivity index (χ3v) is 8.34. The molecule has 3 nitrogen and oxygen atoms in total. The van der Waals surface area contributed by atoms with E-state index in [2.05, 4.69) is 50.1 Å². The van der Waals surface area contributed by atoms with Crippen LogP contribution >= 0.6 is 23.5 Å².